The topological polar surface area (TPSA) is 62.7 Å². The molecule has 1 amide bonds. The van der Waals surface area contributed by atoms with E-state index < -0.39 is 5.92 Å². The third-order valence-electron chi connectivity index (χ3n) is 3.05. The molecule has 1 aliphatic heterocycles. The normalized spacial score (nSPS) is 17.1. The van der Waals surface area contributed by atoms with Crippen LogP contribution >= 0.6 is 23.2 Å². The number of hydrogen-bond donors (Lipinski definition) is 2. The Morgan fingerprint density at radius 1 is 1.55 bits per heavy atom. The molecule has 1 radical (unpaired) electrons. The molecule has 0 saturated heterocycles. The average Bonchev–Trinajstić information content (AvgIpc) is 2.44. The van der Waals surface area contributed by atoms with Crippen molar-refractivity contribution in [3.8, 4) is 5.75 Å². The van der Waals surface area contributed by atoms with Crippen molar-refractivity contribution in [2.24, 2.45) is 11.0 Å². The van der Waals surface area contributed by atoms with Gasteiger partial charge in [-0.05, 0) is 0 Å². The van der Waals surface area contributed by atoms with Gasteiger partial charge in [0.2, 0.25) is 0 Å². The Labute approximate surface area is 140 Å². The van der Waals surface area contributed by atoms with Crippen molar-refractivity contribution < 1.29 is 9.53 Å². The van der Waals surface area contributed by atoms with E-state index in [-0.39, 0.29) is 11.7 Å². The van der Waals surface area contributed by atoms with E-state index in [4.69, 9.17) is 35.3 Å². The average molecular weight is 335 g/mol. The van der Waals surface area contributed by atoms with E-state index in [1.54, 1.807) is 19.1 Å². The number of anilines is 1. The first-order chi connectivity index (χ1) is 10.4. The van der Waals surface area contributed by atoms with Crippen LogP contribution in [0.25, 0.3) is 0 Å². The van der Waals surface area contributed by atoms with Crippen LogP contribution in [0.4, 0.5) is 5.69 Å². The van der Waals surface area contributed by atoms with Gasteiger partial charge in [-0.15, -0.1) is 0 Å². The van der Waals surface area contributed by atoms with Crippen molar-refractivity contribution in [1.82, 2.24) is 5.43 Å². The number of rotatable bonds is 4. The second-order valence-corrected chi connectivity index (χ2v) is 5.58. The second-order valence-electron chi connectivity index (χ2n) is 4.77. The van der Waals surface area contributed by atoms with Gasteiger partial charge in [-0.1, -0.05) is 0 Å². The molecule has 0 aliphatic carbocycles. The number of nitrogens with zero attached hydrogens (tertiary/aromatic N) is 1. The second kappa shape index (κ2) is 7.11. The summed E-state index contributed by atoms with van der Waals surface area (Å²) in [5, 5.41) is 7.24. The van der Waals surface area contributed by atoms with Gasteiger partial charge < -0.3 is 0 Å². The Kier molecular flexibility index (Phi) is 5.42. The van der Waals surface area contributed by atoms with E-state index in [0.29, 0.717) is 28.1 Å². The third kappa shape index (κ3) is 3.78. The summed E-state index contributed by atoms with van der Waals surface area (Å²) in [7, 11) is 5.28. The SMILES string of the molecule is [B]=BNc1cc(Cl)c(OC2=NNC(=O)C(C(=C)C)C2)c(Cl)c1. The molecule has 0 spiro atoms. The van der Waals surface area contributed by atoms with Gasteiger partial charge in [0.1, 0.15) is 0 Å². The number of ether oxygens (including phenoxy) is 1. The van der Waals surface area contributed by atoms with E-state index in [9.17, 15) is 4.79 Å². The number of carbonyl (C=O) groups excluding carboxylic acids is 1. The number of nitrogens with one attached hydrogen (secondary N) is 2. The van der Waals surface area contributed by atoms with Crippen LogP contribution in [-0.4, -0.2) is 26.1 Å². The number of hydrogen-bond acceptors (Lipinski definition) is 4. The number of carbonyl (C=O) groups is 1. The molecule has 1 atom stereocenters. The standard InChI is InChI=1S/C13H12B2Cl2N3O2/c1-6(2)8-5-11(19-20-13(8)21)22-12-9(16)3-7(18-15-14)4-10(12)17/h3-4,8,18H,1,5H2,2H3,(H,20,21). The maximum atomic E-state index is 11.7. The summed E-state index contributed by atoms with van der Waals surface area (Å²) >= 11 is 12.3. The predicted octanol–water partition coefficient (Wildman–Crippen LogP) is 2.51. The molecule has 2 N–H and O–H groups in total. The molecule has 1 aliphatic rings. The molecule has 1 unspecified atom stereocenters. The summed E-state index contributed by atoms with van der Waals surface area (Å²) in [4.78, 5) is 11.7. The van der Waals surface area contributed by atoms with Crippen LogP contribution in [0.15, 0.2) is 29.4 Å². The van der Waals surface area contributed by atoms with Crippen LogP contribution in [0.2, 0.25) is 10.0 Å². The zero-order valence-corrected chi connectivity index (χ0v) is 13.3. The first-order valence-corrected chi connectivity index (χ1v) is 7.16. The van der Waals surface area contributed by atoms with E-state index >= 15 is 0 Å². The Morgan fingerprint density at radius 3 is 2.73 bits per heavy atom. The maximum absolute atomic E-state index is 11.7. The summed E-state index contributed by atoms with van der Waals surface area (Å²) < 4.78 is 5.64. The van der Waals surface area contributed by atoms with Crippen LogP contribution < -0.4 is 15.4 Å². The molecule has 2 rings (SSSR count). The van der Waals surface area contributed by atoms with Gasteiger partial charge in [0, 0.05) is 0 Å². The summed E-state index contributed by atoms with van der Waals surface area (Å²) in [5.41, 5.74) is 3.75. The van der Waals surface area contributed by atoms with Crippen LogP contribution in [0.3, 0.4) is 0 Å². The molecular weight excluding hydrogens is 323 g/mol. The molecule has 1 heterocycles. The van der Waals surface area contributed by atoms with E-state index in [2.05, 4.69) is 22.3 Å². The van der Waals surface area contributed by atoms with Crippen molar-refractivity contribution in [1.29, 1.82) is 0 Å². The molecule has 9 heteroatoms. The van der Waals surface area contributed by atoms with Crippen molar-refractivity contribution in [3.05, 3.63) is 34.3 Å². The van der Waals surface area contributed by atoms with Crippen LogP contribution in [-0.2, 0) is 4.79 Å². The minimum atomic E-state index is -0.391. The van der Waals surface area contributed by atoms with Crippen molar-refractivity contribution >= 4 is 55.0 Å². The fourth-order valence-electron chi connectivity index (χ4n) is 1.93. The molecule has 22 heavy (non-hydrogen) atoms. The number of benzene rings is 1. The monoisotopic (exact) mass is 334 g/mol. The molecule has 0 saturated carbocycles. The Balaban J connectivity index is 2.22. The fraction of sp³-hybridized carbons (Fsp3) is 0.231. The zero-order chi connectivity index (χ0) is 16.3. The van der Waals surface area contributed by atoms with Gasteiger partial charge >= 0.3 is 140 Å². The van der Waals surface area contributed by atoms with Gasteiger partial charge in [-0.25, -0.2) is 0 Å². The van der Waals surface area contributed by atoms with E-state index in [1.165, 1.54) is 6.94 Å². The predicted molar refractivity (Wildman–Crippen MR) is 90.7 cm³/mol. The summed E-state index contributed by atoms with van der Waals surface area (Å²) in [6.45, 7) is 6.83. The minimum absolute atomic E-state index is 0.213. The first-order valence-electron chi connectivity index (χ1n) is 6.41. The van der Waals surface area contributed by atoms with Crippen LogP contribution in [0.1, 0.15) is 13.3 Å². The number of amides is 1. The number of halogens is 2. The van der Waals surface area contributed by atoms with Crippen molar-refractivity contribution in [3.63, 3.8) is 0 Å². The first kappa shape index (κ1) is 16.8. The Morgan fingerprint density at radius 2 is 2.18 bits per heavy atom. The molecule has 1 aromatic rings. The fourth-order valence-corrected chi connectivity index (χ4v) is 2.49. The molecule has 1 aromatic carbocycles. The zero-order valence-electron chi connectivity index (χ0n) is 11.8. The van der Waals surface area contributed by atoms with Gasteiger partial charge in [0.15, 0.2) is 0 Å². The summed E-state index contributed by atoms with van der Waals surface area (Å²) in [5.74, 6) is -0.0309. The Hall–Kier alpha value is -1.59. The molecule has 0 fully saturated rings. The molecule has 0 aromatic heterocycles. The van der Waals surface area contributed by atoms with Crippen molar-refractivity contribution in [2.75, 3.05) is 5.23 Å². The van der Waals surface area contributed by atoms with Crippen molar-refractivity contribution in [2.45, 2.75) is 13.3 Å². The van der Waals surface area contributed by atoms with Gasteiger partial charge in [0.05, 0.1) is 0 Å². The number of hydrazone groups is 1. The van der Waals surface area contributed by atoms with Gasteiger partial charge in [0.25, 0.3) is 0 Å². The van der Waals surface area contributed by atoms with Gasteiger partial charge in [-0.2, -0.15) is 0 Å². The van der Waals surface area contributed by atoms with E-state index in [1.807, 2.05) is 0 Å². The van der Waals surface area contributed by atoms with Crippen LogP contribution in [0.5, 0.6) is 5.75 Å². The Bertz CT molecular complexity index is 656. The third-order valence-corrected chi connectivity index (χ3v) is 3.61. The quantitative estimate of drug-likeness (QED) is 0.657. The molecular formula is C13H12B2Cl2N3O2. The molecule has 111 valence electrons. The summed E-state index contributed by atoms with van der Waals surface area (Å²) in [6, 6.07) is 3.23. The van der Waals surface area contributed by atoms with Crippen LogP contribution in [0, 0.1) is 5.92 Å². The summed E-state index contributed by atoms with van der Waals surface area (Å²) in [6.07, 6.45) is 0.296. The molecule has 0 bridgehead atoms. The molecule has 5 nitrogen and oxygen atoms in total. The van der Waals surface area contributed by atoms with Gasteiger partial charge in [-0.3, -0.25) is 0 Å². The van der Waals surface area contributed by atoms with E-state index in [0.717, 1.165) is 5.57 Å².